The molecule has 0 bridgehead atoms. The van der Waals surface area contributed by atoms with Crippen molar-refractivity contribution in [1.29, 1.82) is 0 Å². The van der Waals surface area contributed by atoms with Crippen LogP contribution in [-0.4, -0.2) is 0 Å². The van der Waals surface area contributed by atoms with E-state index in [1.54, 1.807) is 0 Å². The Morgan fingerprint density at radius 2 is 0.764 bits per heavy atom. The minimum absolute atomic E-state index is 1.10. The molecule has 0 aliphatic heterocycles. The van der Waals surface area contributed by atoms with Crippen LogP contribution in [0.4, 0.5) is 17.1 Å². The summed E-state index contributed by atoms with van der Waals surface area (Å²) < 4.78 is 0. The molecule has 10 aromatic rings. The van der Waals surface area contributed by atoms with Crippen molar-refractivity contribution in [1.82, 2.24) is 0 Å². The summed E-state index contributed by atoms with van der Waals surface area (Å²) in [6.45, 7) is 0. The van der Waals surface area contributed by atoms with Gasteiger partial charge >= 0.3 is 0 Å². The fraction of sp³-hybridized carbons (Fsp3) is 0. The van der Waals surface area contributed by atoms with Crippen LogP contribution in [0.15, 0.2) is 224 Å². The van der Waals surface area contributed by atoms with Crippen molar-refractivity contribution >= 4 is 49.4 Å². The lowest BCUT2D eigenvalue weighted by Gasteiger charge is -2.27. The first-order valence-corrected chi connectivity index (χ1v) is 18.9. The Labute approximate surface area is 322 Å². The average Bonchev–Trinajstić information content (AvgIpc) is 3.27. The summed E-state index contributed by atoms with van der Waals surface area (Å²) >= 11 is 0. The monoisotopic (exact) mass is 699 g/mol. The lowest BCUT2D eigenvalue weighted by molar-refractivity contribution is 1.28. The van der Waals surface area contributed by atoms with Gasteiger partial charge in [-0.3, -0.25) is 0 Å². The van der Waals surface area contributed by atoms with E-state index in [9.17, 15) is 0 Å². The summed E-state index contributed by atoms with van der Waals surface area (Å²) in [4.78, 5) is 2.37. The average molecular weight is 700 g/mol. The molecule has 0 aromatic heterocycles. The van der Waals surface area contributed by atoms with Gasteiger partial charge in [-0.2, -0.15) is 0 Å². The van der Waals surface area contributed by atoms with Crippen LogP contribution in [0.5, 0.6) is 0 Å². The second-order valence-corrected chi connectivity index (χ2v) is 14.1. The highest BCUT2D eigenvalue weighted by molar-refractivity contribution is 6.14. The van der Waals surface area contributed by atoms with Gasteiger partial charge in [0.15, 0.2) is 0 Å². The van der Waals surface area contributed by atoms with Gasteiger partial charge in [0, 0.05) is 17.1 Å². The number of nitrogens with zero attached hydrogens (tertiary/aromatic N) is 1. The maximum absolute atomic E-state index is 2.37. The molecule has 10 rings (SSSR count). The Kier molecular flexibility index (Phi) is 8.24. The summed E-state index contributed by atoms with van der Waals surface area (Å²) in [6, 6.07) is 81.4. The number of anilines is 3. The molecule has 0 amide bonds. The third-order valence-corrected chi connectivity index (χ3v) is 10.8. The molecule has 0 N–H and O–H groups in total. The highest BCUT2D eigenvalue weighted by Gasteiger charge is 2.17. The van der Waals surface area contributed by atoms with E-state index in [1.165, 1.54) is 76.8 Å². The van der Waals surface area contributed by atoms with Gasteiger partial charge in [0.05, 0.1) is 0 Å². The van der Waals surface area contributed by atoms with Gasteiger partial charge in [0.1, 0.15) is 0 Å². The zero-order valence-corrected chi connectivity index (χ0v) is 30.3. The van der Waals surface area contributed by atoms with Crippen LogP contribution >= 0.6 is 0 Å². The first kappa shape index (κ1) is 32.4. The fourth-order valence-corrected chi connectivity index (χ4v) is 8.20. The molecule has 0 fully saturated rings. The fourth-order valence-electron chi connectivity index (χ4n) is 8.20. The highest BCUT2D eigenvalue weighted by Crippen LogP contribution is 2.42. The normalized spacial score (nSPS) is 11.3. The van der Waals surface area contributed by atoms with E-state index in [2.05, 4.69) is 229 Å². The van der Waals surface area contributed by atoms with Crippen molar-refractivity contribution in [3.05, 3.63) is 224 Å². The van der Waals surface area contributed by atoms with E-state index >= 15 is 0 Å². The zero-order valence-electron chi connectivity index (χ0n) is 30.3. The number of hydrogen-bond acceptors (Lipinski definition) is 1. The third-order valence-electron chi connectivity index (χ3n) is 10.8. The Morgan fingerprint density at radius 3 is 1.45 bits per heavy atom. The molecule has 0 atom stereocenters. The molecule has 0 heterocycles. The van der Waals surface area contributed by atoms with Gasteiger partial charge in [-0.15, -0.1) is 0 Å². The van der Waals surface area contributed by atoms with Crippen LogP contribution in [0, 0.1) is 0 Å². The van der Waals surface area contributed by atoms with E-state index in [0.29, 0.717) is 0 Å². The predicted molar refractivity (Wildman–Crippen MR) is 235 cm³/mol. The van der Waals surface area contributed by atoms with Gasteiger partial charge < -0.3 is 4.90 Å². The van der Waals surface area contributed by atoms with Crippen molar-refractivity contribution in [2.75, 3.05) is 4.90 Å². The standard InChI is InChI=1S/C54H37N/c1-3-14-38(15-4-1)43-20-13-21-47(36-43)55(46-33-28-41(29-34-46)53-37-44-19-8-9-22-48(44)51-24-11-12-25-52(51)53)45-31-26-40(27-32-45)50-35-30-39-16-7-10-23-49(39)54(50)42-17-5-2-6-18-42/h1-37H. The van der Waals surface area contributed by atoms with E-state index in [-0.39, 0.29) is 0 Å². The van der Waals surface area contributed by atoms with E-state index in [0.717, 1.165) is 17.1 Å². The first-order chi connectivity index (χ1) is 27.3. The molecule has 0 saturated carbocycles. The lowest BCUT2D eigenvalue weighted by atomic mass is 9.90. The quantitative estimate of drug-likeness (QED) is 0.150. The van der Waals surface area contributed by atoms with Crippen molar-refractivity contribution in [2.45, 2.75) is 0 Å². The van der Waals surface area contributed by atoms with Gasteiger partial charge in [-0.1, -0.05) is 182 Å². The molecular weight excluding hydrogens is 663 g/mol. The maximum atomic E-state index is 2.37. The first-order valence-electron chi connectivity index (χ1n) is 18.9. The Morgan fingerprint density at radius 1 is 0.236 bits per heavy atom. The Bertz CT molecular complexity index is 2950. The smallest absolute Gasteiger partial charge is 0.0467 e. The number of hydrogen-bond donors (Lipinski definition) is 0. The highest BCUT2D eigenvalue weighted by atomic mass is 15.1. The van der Waals surface area contributed by atoms with Gasteiger partial charge in [0.2, 0.25) is 0 Å². The molecule has 0 spiro atoms. The van der Waals surface area contributed by atoms with Crippen molar-refractivity contribution in [2.24, 2.45) is 0 Å². The molecule has 0 aliphatic rings. The van der Waals surface area contributed by atoms with Crippen LogP contribution in [0.1, 0.15) is 0 Å². The molecule has 0 radical (unpaired) electrons. The third kappa shape index (κ3) is 6.02. The molecule has 0 saturated heterocycles. The van der Waals surface area contributed by atoms with Gasteiger partial charge in [-0.05, 0) is 119 Å². The molecule has 258 valence electrons. The number of fused-ring (bicyclic) bond motifs is 4. The number of rotatable bonds is 7. The van der Waals surface area contributed by atoms with Crippen LogP contribution in [0.25, 0.3) is 76.8 Å². The molecule has 10 aromatic carbocycles. The second-order valence-electron chi connectivity index (χ2n) is 14.1. The summed E-state index contributed by atoms with van der Waals surface area (Å²) in [7, 11) is 0. The van der Waals surface area contributed by atoms with Crippen molar-refractivity contribution in [3.63, 3.8) is 0 Å². The summed E-state index contributed by atoms with van der Waals surface area (Å²) in [6.07, 6.45) is 0. The van der Waals surface area contributed by atoms with Crippen molar-refractivity contribution in [3.8, 4) is 44.5 Å². The SMILES string of the molecule is c1ccc(-c2cccc(N(c3ccc(-c4ccc5ccccc5c4-c4ccccc4)cc3)c3ccc(-c4cc5ccccc5c5ccccc45)cc3)c2)cc1. The molecule has 0 unspecified atom stereocenters. The predicted octanol–water partition coefficient (Wildman–Crippen LogP) is 15.3. The van der Waals surface area contributed by atoms with E-state index in [1.807, 2.05) is 0 Å². The molecular formula is C54H37N. The molecule has 0 aliphatic carbocycles. The molecule has 1 heteroatoms. The van der Waals surface area contributed by atoms with Crippen LogP contribution in [-0.2, 0) is 0 Å². The molecule has 55 heavy (non-hydrogen) atoms. The van der Waals surface area contributed by atoms with Crippen molar-refractivity contribution < 1.29 is 0 Å². The maximum Gasteiger partial charge on any atom is 0.0467 e. The summed E-state index contributed by atoms with van der Waals surface area (Å²) in [5.74, 6) is 0. The molecule has 1 nitrogen and oxygen atoms in total. The number of benzene rings is 10. The summed E-state index contributed by atoms with van der Waals surface area (Å²) in [5.41, 5.74) is 13.0. The van der Waals surface area contributed by atoms with Crippen LogP contribution < -0.4 is 4.90 Å². The van der Waals surface area contributed by atoms with Gasteiger partial charge in [-0.25, -0.2) is 0 Å². The Balaban J connectivity index is 1.09. The second kappa shape index (κ2) is 14.0. The zero-order chi connectivity index (χ0) is 36.6. The minimum Gasteiger partial charge on any atom is -0.310 e. The minimum atomic E-state index is 1.10. The van der Waals surface area contributed by atoms with Gasteiger partial charge in [0.25, 0.3) is 0 Å². The largest absolute Gasteiger partial charge is 0.310 e. The Hall–Kier alpha value is -7.22. The van der Waals surface area contributed by atoms with Crippen LogP contribution in [0.2, 0.25) is 0 Å². The van der Waals surface area contributed by atoms with E-state index in [4.69, 9.17) is 0 Å². The summed E-state index contributed by atoms with van der Waals surface area (Å²) in [5, 5.41) is 7.58. The van der Waals surface area contributed by atoms with Crippen LogP contribution in [0.3, 0.4) is 0 Å². The lowest BCUT2D eigenvalue weighted by Crippen LogP contribution is -2.10. The topological polar surface area (TPSA) is 3.24 Å². The van der Waals surface area contributed by atoms with E-state index < -0.39 is 0 Å².